The van der Waals surface area contributed by atoms with Gasteiger partial charge in [0.15, 0.2) is 5.69 Å². The highest BCUT2D eigenvalue weighted by Gasteiger charge is 2.11. The Balaban J connectivity index is 2.48. The highest BCUT2D eigenvalue weighted by atomic mass is 16.4. The number of hydrogen-bond acceptors (Lipinski definition) is 2. The fourth-order valence-corrected chi connectivity index (χ4v) is 1.73. The number of aromatic nitrogens is 1. The summed E-state index contributed by atoms with van der Waals surface area (Å²) in [5, 5.41) is 9.07. The summed E-state index contributed by atoms with van der Waals surface area (Å²) in [7, 11) is 0. The molecule has 0 radical (unpaired) electrons. The summed E-state index contributed by atoms with van der Waals surface area (Å²) in [4.78, 5) is 15.0. The Morgan fingerprint density at radius 2 is 1.94 bits per heavy atom. The largest absolute Gasteiger partial charge is 0.476 e. The standard InChI is InChI=1S/C14H13NO2/c1-2-10-5-7-11(8-6-10)12-4-3-9-15-13(12)14(16)17/h3-9H,2H2,1H3,(H,16,17). The van der Waals surface area contributed by atoms with Crippen LogP contribution in [0.1, 0.15) is 23.0 Å². The number of carbonyl (C=O) groups is 1. The molecule has 1 heterocycles. The topological polar surface area (TPSA) is 50.2 Å². The summed E-state index contributed by atoms with van der Waals surface area (Å²) >= 11 is 0. The van der Waals surface area contributed by atoms with Crippen LogP contribution in [0, 0.1) is 0 Å². The van der Waals surface area contributed by atoms with Crippen LogP contribution in [0.5, 0.6) is 0 Å². The molecule has 86 valence electrons. The minimum atomic E-state index is -1.000. The summed E-state index contributed by atoms with van der Waals surface area (Å²) in [5.41, 5.74) is 2.86. The fourth-order valence-electron chi connectivity index (χ4n) is 1.73. The average molecular weight is 227 g/mol. The number of hydrogen-bond donors (Lipinski definition) is 1. The van der Waals surface area contributed by atoms with Crippen molar-refractivity contribution in [1.82, 2.24) is 4.98 Å². The van der Waals surface area contributed by atoms with E-state index in [9.17, 15) is 4.79 Å². The molecule has 1 aromatic carbocycles. The average Bonchev–Trinajstić information content (AvgIpc) is 2.39. The lowest BCUT2D eigenvalue weighted by Gasteiger charge is -2.05. The zero-order valence-electron chi connectivity index (χ0n) is 9.55. The molecule has 3 nitrogen and oxygen atoms in total. The molecule has 0 spiro atoms. The van der Waals surface area contributed by atoms with Crippen LogP contribution in [0.2, 0.25) is 0 Å². The lowest BCUT2D eigenvalue weighted by molar-refractivity contribution is 0.0691. The van der Waals surface area contributed by atoms with Gasteiger partial charge in [0.2, 0.25) is 0 Å². The number of rotatable bonds is 3. The maximum absolute atomic E-state index is 11.1. The second kappa shape index (κ2) is 4.78. The van der Waals surface area contributed by atoms with E-state index in [1.54, 1.807) is 12.1 Å². The third-order valence-electron chi connectivity index (χ3n) is 2.68. The quantitative estimate of drug-likeness (QED) is 0.876. The molecular formula is C14H13NO2. The van der Waals surface area contributed by atoms with Gasteiger partial charge in [-0.3, -0.25) is 0 Å². The lowest BCUT2D eigenvalue weighted by atomic mass is 10.0. The van der Waals surface area contributed by atoms with Gasteiger partial charge < -0.3 is 5.11 Å². The molecule has 2 aromatic rings. The summed E-state index contributed by atoms with van der Waals surface area (Å²) < 4.78 is 0. The van der Waals surface area contributed by atoms with Gasteiger partial charge in [-0.05, 0) is 23.6 Å². The predicted octanol–water partition coefficient (Wildman–Crippen LogP) is 3.01. The number of benzene rings is 1. The van der Waals surface area contributed by atoms with Gasteiger partial charge in [0, 0.05) is 11.8 Å². The molecule has 1 aromatic heterocycles. The third-order valence-corrected chi connectivity index (χ3v) is 2.68. The van der Waals surface area contributed by atoms with Crippen molar-refractivity contribution in [3.63, 3.8) is 0 Å². The van der Waals surface area contributed by atoms with Crippen molar-refractivity contribution in [2.24, 2.45) is 0 Å². The Morgan fingerprint density at radius 3 is 2.53 bits per heavy atom. The van der Waals surface area contributed by atoms with Crippen molar-refractivity contribution in [3.05, 3.63) is 53.9 Å². The number of aryl methyl sites for hydroxylation is 1. The van der Waals surface area contributed by atoms with Gasteiger partial charge in [-0.2, -0.15) is 0 Å². The first-order valence-corrected chi connectivity index (χ1v) is 5.50. The fraction of sp³-hybridized carbons (Fsp3) is 0.143. The molecule has 0 saturated heterocycles. The van der Waals surface area contributed by atoms with Gasteiger partial charge in [0.1, 0.15) is 0 Å². The molecule has 0 fully saturated rings. The lowest BCUT2D eigenvalue weighted by Crippen LogP contribution is -2.02. The molecule has 2 rings (SSSR count). The van der Waals surface area contributed by atoms with Crippen molar-refractivity contribution in [2.75, 3.05) is 0 Å². The van der Waals surface area contributed by atoms with Crippen molar-refractivity contribution < 1.29 is 9.90 Å². The van der Waals surface area contributed by atoms with Crippen LogP contribution >= 0.6 is 0 Å². The van der Waals surface area contributed by atoms with Crippen LogP contribution in [0.3, 0.4) is 0 Å². The van der Waals surface area contributed by atoms with E-state index in [1.807, 2.05) is 24.3 Å². The number of pyridine rings is 1. The molecule has 0 aliphatic rings. The Kier molecular flexibility index (Phi) is 3.19. The van der Waals surface area contributed by atoms with E-state index < -0.39 is 5.97 Å². The van der Waals surface area contributed by atoms with Crippen molar-refractivity contribution in [2.45, 2.75) is 13.3 Å². The maximum atomic E-state index is 11.1. The van der Waals surface area contributed by atoms with E-state index in [1.165, 1.54) is 11.8 Å². The molecule has 0 aliphatic carbocycles. The van der Waals surface area contributed by atoms with Crippen molar-refractivity contribution in [3.8, 4) is 11.1 Å². The number of nitrogens with zero attached hydrogens (tertiary/aromatic N) is 1. The van der Waals surface area contributed by atoms with Gasteiger partial charge in [0.05, 0.1) is 0 Å². The van der Waals surface area contributed by atoms with Gasteiger partial charge in [-0.15, -0.1) is 0 Å². The van der Waals surface area contributed by atoms with E-state index >= 15 is 0 Å². The normalized spacial score (nSPS) is 10.2. The van der Waals surface area contributed by atoms with Gasteiger partial charge >= 0.3 is 5.97 Å². The summed E-state index contributed by atoms with van der Waals surface area (Å²) in [5.74, 6) is -1.000. The van der Waals surface area contributed by atoms with E-state index in [2.05, 4.69) is 11.9 Å². The minimum absolute atomic E-state index is 0.0942. The van der Waals surface area contributed by atoms with Crippen LogP contribution in [0.25, 0.3) is 11.1 Å². The monoisotopic (exact) mass is 227 g/mol. The molecule has 0 amide bonds. The summed E-state index contributed by atoms with van der Waals surface area (Å²) in [6.07, 6.45) is 2.46. The van der Waals surface area contributed by atoms with E-state index in [0.717, 1.165) is 12.0 Å². The van der Waals surface area contributed by atoms with Gasteiger partial charge in [-0.1, -0.05) is 37.3 Å². The molecule has 0 aliphatic heterocycles. The molecule has 3 heteroatoms. The smallest absolute Gasteiger partial charge is 0.355 e. The Labute approximate surface area is 99.8 Å². The number of aromatic carboxylic acids is 1. The van der Waals surface area contributed by atoms with Gasteiger partial charge in [0.25, 0.3) is 0 Å². The Bertz CT molecular complexity index is 532. The minimum Gasteiger partial charge on any atom is -0.476 e. The molecular weight excluding hydrogens is 214 g/mol. The van der Waals surface area contributed by atoms with Crippen molar-refractivity contribution >= 4 is 5.97 Å². The second-order valence-corrected chi connectivity index (χ2v) is 3.76. The first kappa shape index (κ1) is 11.3. The molecule has 1 N–H and O–H groups in total. The summed E-state index contributed by atoms with van der Waals surface area (Å²) in [6, 6.07) is 11.4. The first-order valence-electron chi connectivity index (χ1n) is 5.50. The SMILES string of the molecule is CCc1ccc(-c2cccnc2C(=O)O)cc1. The predicted molar refractivity (Wildman–Crippen MR) is 66.0 cm³/mol. The van der Waals surface area contributed by atoms with E-state index in [0.29, 0.717) is 5.56 Å². The number of carboxylic acids is 1. The maximum Gasteiger partial charge on any atom is 0.355 e. The van der Waals surface area contributed by atoms with E-state index in [4.69, 9.17) is 5.11 Å². The summed E-state index contributed by atoms with van der Waals surface area (Å²) in [6.45, 7) is 2.09. The zero-order valence-corrected chi connectivity index (χ0v) is 9.55. The highest BCUT2D eigenvalue weighted by molar-refractivity contribution is 5.93. The van der Waals surface area contributed by atoms with Crippen LogP contribution in [-0.2, 0) is 6.42 Å². The highest BCUT2D eigenvalue weighted by Crippen LogP contribution is 2.22. The molecule has 0 saturated carbocycles. The zero-order chi connectivity index (χ0) is 12.3. The molecule has 17 heavy (non-hydrogen) atoms. The molecule has 0 atom stereocenters. The van der Waals surface area contributed by atoms with Crippen molar-refractivity contribution in [1.29, 1.82) is 0 Å². The first-order chi connectivity index (χ1) is 8.22. The Morgan fingerprint density at radius 1 is 1.24 bits per heavy atom. The third kappa shape index (κ3) is 2.33. The van der Waals surface area contributed by atoms with Gasteiger partial charge in [-0.25, -0.2) is 9.78 Å². The second-order valence-electron chi connectivity index (χ2n) is 3.76. The van der Waals surface area contributed by atoms with Crippen LogP contribution in [0.4, 0.5) is 0 Å². The molecule has 0 unspecified atom stereocenters. The van der Waals surface area contributed by atoms with Crippen LogP contribution in [0.15, 0.2) is 42.6 Å². The van der Waals surface area contributed by atoms with Crippen LogP contribution < -0.4 is 0 Å². The van der Waals surface area contributed by atoms with E-state index in [-0.39, 0.29) is 5.69 Å². The Hall–Kier alpha value is -2.16. The molecule has 0 bridgehead atoms. The number of carboxylic acid groups (broad SMARTS) is 1. The van der Waals surface area contributed by atoms with Crippen LogP contribution in [-0.4, -0.2) is 16.1 Å².